The van der Waals surface area contributed by atoms with Crippen LogP contribution in [0.4, 0.5) is 5.69 Å². The number of nitrogens with zero attached hydrogens (tertiary/aromatic N) is 2. The molecule has 0 aromatic heterocycles. The van der Waals surface area contributed by atoms with Crippen molar-refractivity contribution in [2.24, 2.45) is 5.10 Å². The van der Waals surface area contributed by atoms with Crippen LogP contribution in [0.1, 0.15) is 37.7 Å². The van der Waals surface area contributed by atoms with E-state index in [-0.39, 0.29) is 18.1 Å². The molecule has 1 aliphatic carbocycles. The predicted molar refractivity (Wildman–Crippen MR) is 83.7 cm³/mol. The molecule has 2 N–H and O–H groups in total. The summed E-state index contributed by atoms with van der Waals surface area (Å²) in [5.74, 6) is -0.216. The van der Waals surface area contributed by atoms with Crippen molar-refractivity contribution in [3.05, 3.63) is 39.9 Å². The number of carbonyl (C=O) groups excluding carboxylic acids is 1. The molecule has 7 heteroatoms. The largest absolute Gasteiger partial charge is 0.306 e. The Morgan fingerprint density at radius 1 is 1.36 bits per heavy atom. The summed E-state index contributed by atoms with van der Waals surface area (Å²) in [5.41, 5.74) is 2.98. The standard InChI is InChI=1S/C15H20N4O3/c20-15(11-16-13-6-2-1-3-7-13)18-17-10-12-5-4-8-14(9-12)19(21)22/h4-5,8-10,13,16H,1-3,6-7,11H2,(H,18,20)/b17-10-. The van der Waals surface area contributed by atoms with Gasteiger partial charge in [-0.25, -0.2) is 5.43 Å². The van der Waals surface area contributed by atoms with Crippen molar-refractivity contribution < 1.29 is 9.72 Å². The summed E-state index contributed by atoms with van der Waals surface area (Å²) < 4.78 is 0. The second-order valence-corrected chi connectivity index (χ2v) is 5.36. The maximum atomic E-state index is 11.7. The quantitative estimate of drug-likeness (QED) is 0.477. The molecule has 1 amide bonds. The zero-order valence-electron chi connectivity index (χ0n) is 12.3. The van der Waals surface area contributed by atoms with Gasteiger partial charge in [-0.05, 0) is 12.8 Å². The second kappa shape index (κ2) is 8.23. The Labute approximate surface area is 128 Å². The van der Waals surface area contributed by atoms with Crippen LogP contribution in [-0.4, -0.2) is 29.6 Å². The van der Waals surface area contributed by atoms with Crippen LogP contribution in [0.15, 0.2) is 29.4 Å². The predicted octanol–water partition coefficient (Wildman–Crippen LogP) is 1.97. The van der Waals surface area contributed by atoms with Gasteiger partial charge in [0.1, 0.15) is 0 Å². The molecule has 1 saturated carbocycles. The lowest BCUT2D eigenvalue weighted by molar-refractivity contribution is -0.384. The number of amides is 1. The molecule has 0 bridgehead atoms. The second-order valence-electron chi connectivity index (χ2n) is 5.36. The summed E-state index contributed by atoms with van der Waals surface area (Å²) in [7, 11) is 0. The molecule has 2 rings (SSSR count). The summed E-state index contributed by atoms with van der Waals surface area (Å²) in [4.78, 5) is 21.8. The molecule has 0 aliphatic heterocycles. The molecule has 0 saturated heterocycles. The van der Waals surface area contributed by atoms with Crippen LogP contribution < -0.4 is 10.7 Å². The van der Waals surface area contributed by atoms with E-state index in [1.54, 1.807) is 12.1 Å². The minimum atomic E-state index is -0.468. The van der Waals surface area contributed by atoms with E-state index in [9.17, 15) is 14.9 Å². The molecule has 22 heavy (non-hydrogen) atoms. The first kappa shape index (κ1) is 16.1. The highest BCUT2D eigenvalue weighted by Crippen LogP contribution is 2.16. The van der Waals surface area contributed by atoms with Crippen molar-refractivity contribution in [2.45, 2.75) is 38.1 Å². The lowest BCUT2D eigenvalue weighted by atomic mass is 9.95. The maximum Gasteiger partial charge on any atom is 0.270 e. The first-order chi connectivity index (χ1) is 10.6. The number of nitro groups is 1. The highest BCUT2D eigenvalue weighted by Gasteiger charge is 2.13. The number of hydrazone groups is 1. The van der Waals surface area contributed by atoms with Crippen LogP contribution in [0.3, 0.4) is 0 Å². The van der Waals surface area contributed by atoms with Crippen LogP contribution in [0.25, 0.3) is 0 Å². The van der Waals surface area contributed by atoms with Gasteiger partial charge >= 0.3 is 0 Å². The third-order valence-corrected chi connectivity index (χ3v) is 3.64. The fourth-order valence-corrected chi connectivity index (χ4v) is 2.48. The van der Waals surface area contributed by atoms with Gasteiger partial charge in [-0.15, -0.1) is 0 Å². The third-order valence-electron chi connectivity index (χ3n) is 3.64. The Bertz CT molecular complexity index is 553. The van der Waals surface area contributed by atoms with Gasteiger partial charge in [-0.3, -0.25) is 14.9 Å². The first-order valence-electron chi connectivity index (χ1n) is 7.45. The summed E-state index contributed by atoms with van der Waals surface area (Å²) in [6.45, 7) is 0.233. The lowest BCUT2D eigenvalue weighted by Crippen LogP contribution is -2.38. The van der Waals surface area contributed by atoms with Gasteiger partial charge in [0.15, 0.2) is 0 Å². The molecule has 118 valence electrons. The zero-order valence-corrected chi connectivity index (χ0v) is 12.3. The number of hydrogen-bond acceptors (Lipinski definition) is 5. The van der Waals surface area contributed by atoms with Crippen LogP contribution in [0, 0.1) is 10.1 Å². The number of nitro benzene ring substituents is 1. The van der Waals surface area contributed by atoms with Crippen LogP contribution in [-0.2, 0) is 4.79 Å². The maximum absolute atomic E-state index is 11.7. The third kappa shape index (κ3) is 5.25. The molecule has 7 nitrogen and oxygen atoms in total. The minimum absolute atomic E-state index is 0.00533. The Morgan fingerprint density at radius 2 is 2.14 bits per heavy atom. The van der Waals surface area contributed by atoms with Gasteiger partial charge in [-0.2, -0.15) is 5.10 Å². The summed E-state index contributed by atoms with van der Waals surface area (Å²) >= 11 is 0. The molecule has 1 fully saturated rings. The number of nitrogens with one attached hydrogen (secondary N) is 2. The van der Waals surface area contributed by atoms with Gasteiger partial charge in [0, 0.05) is 23.7 Å². The highest BCUT2D eigenvalue weighted by atomic mass is 16.6. The molecule has 0 heterocycles. The Kier molecular flexibility index (Phi) is 6.02. The normalized spacial score (nSPS) is 15.8. The van der Waals surface area contributed by atoms with E-state index in [2.05, 4.69) is 15.8 Å². The fourth-order valence-electron chi connectivity index (χ4n) is 2.48. The van der Waals surface area contributed by atoms with E-state index < -0.39 is 4.92 Å². The van der Waals surface area contributed by atoms with E-state index >= 15 is 0 Å². The summed E-state index contributed by atoms with van der Waals surface area (Å²) in [6, 6.07) is 6.48. The van der Waals surface area contributed by atoms with Crippen LogP contribution in [0.2, 0.25) is 0 Å². The Balaban J connectivity index is 1.75. The first-order valence-corrected chi connectivity index (χ1v) is 7.45. The molecule has 0 radical (unpaired) electrons. The minimum Gasteiger partial charge on any atom is -0.306 e. The van der Waals surface area contributed by atoms with E-state index in [4.69, 9.17) is 0 Å². The number of non-ortho nitro benzene ring substituents is 1. The smallest absolute Gasteiger partial charge is 0.270 e. The number of hydrogen-bond donors (Lipinski definition) is 2. The monoisotopic (exact) mass is 304 g/mol. The van der Waals surface area contributed by atoms with Crippen molar-refractivity contribution in [1.29, 1.82) is 0 Å². The van der Waals surface area contributed by atoms with Gasteiger partial charge in [-0.1, -0.05) is 31.4 Å². The Hall–Kier alpha value is -2.28. The molecule has 1 aromatic rings. The molecule has 1 aromatic carbocycles. The van der Waals surface area contributed by atoms with Crippen molar-refractivity contribution >= 4 is 17.8 Å². The number of rotatable bonds is 6. The molecular formula is C15H20N4O3. The lowest BCUT2D eigenvalue weighted by Gasteiger charge is -2.22. The average Bonchev–Trinajstić information content (AvgIpc) is 2.54. The number of benzene rings is 1. The number of carbonyl (C=O) groups is 1. The van der Waals surface area contributed by atoms with Gasteiger partial charge in [0.25, 0.3) is 11.6 Å². The topological polar surface area (TPSA) is 96.6 Å². The van der Waals surface area contributed by atoms with Crippen LogP contribution in [0.5, 0.6) is 0 Å². The van der Waals surface area contributed by atoms with Gasteiger partial charge in [0.2, 0.25) is 0 Å². The van der Waals surface area contributed by atoms with Crippen molar-refractivity contribution in [3.8, 4) is 0 Å². The highest BCUT2D eigenvalue weighted by molar-refractivity contribution is 5.83. The van der Waals surface area contributed by atoms with E-state index in [1.165, 1.54) is 37.6 Å². The van der Waals surface area contributed by atoms with Gasteiger partial charge < -0.3 is 5.32 Å². The SMILES string of the molecule is O=C(CNC1CCCCC1)N/N=C\c1cccc([N+](=O)[O-])c1. The van der Waals surface area contributed by atoms with E-state index in [1.807, 2.05) is 0 Å². The van der Waals surface area contributed by atoms with E-state index in [0.29, 0.717) is 11.6 Å². The van der Waals surface area contributed by atoms with E-state index in [0.717, 1.165) is 12.8 Å². The molecule has 0 unspecified atom stereocenters. The van der Waals surface area contributed by atoms with Crippen molar-refractivity contribution in [1.82, 2.24) is 10.7 Å². The Morgan fingerprint density at radius 3 is 2.86 bits per heavy atom. The fraction of sp³-hybridized carbons (Fsp3) is 0.467. The molecular weight excluding hydrogens is 284 g/mol. The summed E-state index contributed by atoms with van der Waals surface area (Å²) in [5, 5.41) is 17.7. The van der Waals surface area contributed by atoms with Crippen LogP contribution >= 0.6 is 0 Å². The summed E-state index contributed by atoms with van der Waals surface area (Å²) in [6.07, 6.45) is 7.33. The zero-order chi connectivity index (χ0) is 15.8. The van der Waals surface area contributed by atoms with Crippen molar-refractivity contribution in [3.63, 3.8) is 0 Å². The van der Waals surface area contributed by atoms with Gasteiger partial charge in [0.05, 0.1) is 17.7 Å². The molecule has 1 aliphatic rings. The average molecular weight is 304 g/mol. The van der Waals surface area contributed by atoms with Crippen molar-refractivity contribution in [2.75, 3.05) is 6.54 Å². The molecule has 0 atom stereocenters. The molecule has 0 spiro atoms.